The maximum Gasteiger partial charge on any atom is 0.244 e. The summed E-state index contributed by atoms with van der Waals surface area (Å²) in [5.74, 6) is -0.0488. The fraction of sp³-hybridized carbons (Fsp3) is 0.348. The normalized spacial score (nSPS) is 11.5. The van der Waals surface area contributed by atoms with E-state index in [2.05, 4.69) is 74.4 Å². The maximum atomic E-state index is 11.9. The highest BCUT2D eigenvalue weighted by atomic mass is 16.1. The van der Waals surface area contributed by atoms with Crippen molar-refractivity contribution in [3.63, 3.8) is 0 Å². The molecule has 26 heavy (non-hydrogen) atoms. The molecule has 0 unspecified atom stereocenters. The van der Waals surface area contributed by atoms with E-state index >= 15 is 0 Å². The highest BCUT2D eigenvalue weighted by Gasteiger charge is 2.12. The van der Waals surface area contributed by atoms with Gasteiger partial charge in [-0.1, -0.05) is 63.2 Å². The molecule has 0 aliphatic carbocycles. The van der Waals surface area contributed by atoms with E-state index in [1.54, 1.807) is 6.08 Å². The van der Waals surface area contributed by atoms with Gasteiger partial charge in [-0.15, -0.1) is 0 Å². The Morgan fingerprint density at radius 2 is 1.69 bits per heavy atom. The van der Waals surface area contributed by atoms with E-state index in [0.717, 1.165) is 18.5 Å². The van der Waals surface area contributed by atoms with Crippen LogP contribution < -0.4 is 10.2 Å². The van der Waals surface area contributed by atoms with Gasteiger partial charge in [0.2, 0.25) is 5.91 Å². The van der Waals surface area contributed by atoms with Crippen LogP contribution in [0.15, 0.2) is 60.7 Å². The van der Waals surface area contributed by atoms with Crippen molar-refractivity contribution in [2.24, 2.45) is 0 Å². The lowest BCUT2D eigenvalue weighted by atomic mass is 9.87. The first kappa shape index (κ1) is 19.8. The molecular formula is C23H30N2O. The number of para-hydroxylation sites is 1. The number of nitrogens with zero attached hydrogens (tertiary/aromatic N) is 1. The maximum absolute atomic E-state index is 11.9. The molecule has 0 saturated carbocycles. The van der Waals surface area contributed by atoms with E-state index in [1.165, 1.54) is 11.3 Å². The van der Waals surface area contributed by atoms with Crippen molar-refractivity contribution in [1.29, 1.82) is 0 Å². The number of amides is 1. The number of nitrogens with one attached hydrogen (secondary N) is 1. The molecule has 0 saturated heterocycles. The Hall–Kier alpha value is -2.55. The van der Waals surface area contributed by atoms with E-state index < -0.39 is 0 Å². The van der Waals surface area contributed by atoms with Gasteiger partial charge < -0.3 is 10.2 Å². The molecule has 2 aromatic carbocycles. The minimum absolute atomic E-state index is 0.0488. The second-order valence-electron chi connectivity index (χ2n) is 7.61. The SMILES string of the molecule is CN(CCCNC(=O)/C=C/c1ccc(C(C)(C)C)cc1)c1ccccc1. The van der Waals surface area contributed by atoms with Crippen LogP contribution in [0.2, 0.25) is 0 Å². The van der Waals surface area contributed by atoms with Gasteiger partial charge in [0.05, 0.1) is 0 Å². The van der Waals surface area contributed by atoms with Crippen LogP contribution in [0.5, 0.6) is 0 Å². The number of carbonyl (C=O) groups excluding carboxylic acids is 1. The zero-order valence-corrected chi connectivity index (χ0v) is 16.3. The molecule has 0 fully saturated rings. The van der Waals surface area contributed by atoms with Crippen molar-refractivity contribution in [3.05, 3.63) is 71.8 Å². The molecule has 0 aliphatic rings. The van der Waals surface area contributed by atoms with E-state index in [0.29, 0.717) is 6.54 Å². The first-order valence-corrected chi connectivity index (χ1v) is 9.19. The molecule has 3 nitrogen and oxygen atoms in total. The largest absolute Gasteiger partial charge is 0.375 e. The molecule has 0 atom stereocenters. The molecule has 0 radical (unpaired) electrons. The molecule has 3 heteroatoms. The second-order valence-corrected chi connectivity index (χ2v) is 7.61. The average molecular weight is 351 g/mol. The van der Waals surface area contributed by atoms with Gasteiger partial charge in [0.25, 0.3) is 0 Å². The molecule has 1 amide bonds. The number of carbonyl (C=O) groups is 1. The summed E-state index contributed by atoms with van der Waals surface area (Å²) < 4.78 is 0. The van der Waals surface area contributed by atoms with Gasteiger partial charge in [0, 0.05) is 31.9 Å². The van der Waals surface area contributed by atoms with E-state index in [4.69, 9.17) is 0 Å². The standard InChI is InChI=1S/C23H30N2O/c1-23(2,3)20-14-11-19(12-15-20)13-16-22(26)24-17-8-18-25(4)21-9-6-5-7-10-21/h5-7,9-16H,8,17-18H2,1-4H3,(H,24,26)/b16-13+. The van der Waals surface area contributed by atoms with Gasteiger partial charge >= 0.3 is 0 Å². The van der Waals surface area contributed by atoms with Gasteiger partial charge in [0.1, 0.15) is 0 Å². The Kier molecular flexibility index (Phi) is 7.02. The summed E-state index contributed by atoms with van der Waals surface area (Å²) in [6, 6.07) is 18.6. The van der Waals surface area contributed by atoms with Crippen LogP contribution in [0.3, 0.4) is 0 Å². The van der Waals surface area contributed by atoms with E-state index in [1.807, 2.05) is 24.3 Å². The molecule has 0 aromatic heterocycles. The molecular weight excluding hydrogens is 320 g/mol. The first-order valence-electron chi connectivity index (χ1n) is 9.19. The van der Waals surface area contributed by atoms with Crippen molar-refractivity contribution in [2.45, 2.75) is 32.6 Å². The lowest BCUT2D eigenvalue weighted by Gasteiger charge is -2.19. The average Bonchev–Trinajstić information content (AvgIpc) is 2.63. The monoisotopic (exact) mass is 350 g/mol. The third kappa shape index (κ3) is 6.40. The third-order valence-electron chi connectivity index (χ3n) is 4.37. The minimum Gasteiger partial charge on any atom is -0.375 e. The predicted octanol–water partition coefficient (Wildman–Crippen LogP) is 4.64. The molecule has 0 aliphatic heterocycles. The zero-order valence-electron chi connectivity index (χ0n) is 16.3. The summed E-state index contributed by atoms with van der Waals surface area (Å²) in [6.07, 6.45) is 4.37. The van der Waals surface area contributed by atoms with Crippen molar-refractivity contribution in [1.82, 2.24) is 5.32 Å². The van der Waals surface area contributed by atoms with Crippen LogP contribution >= 0.6 is 0 Å². The fourth-order valence-corrected chi connectivity index (χ4v) is 2.66. The second kappa shape index (κ2) is 9.23. The molecule has 2 rings (SSSR count). The van der Waals surface area contributed by atoms with Crippen molar-refractivity contribution < 1.29 is 4.79 Å². The lowest BCUT2D eigenvalue weighted by Crippen LogP contribution is -2.26. The first-order chi connectivity index (χ1) is 12.4. The van der Waals surface area contributed by atoms with Crippen LogP contribution in [0.25, 0.3) is 6.08 Å². The van der Waals surface area contributed by atoms with Gasteiger partial charge in [-0.05, 0) is 41.2 Å². The molecule has 138 valence electrons. The molecule has 0 heterocycles. The van der Waals surface area contributed by atoms with E-state index in [9.17, 15) is 4.79 Å². The van der Waals surface area contributed by atoms with Crippen LogP contribution in [0, 0.1) is 0 Å². The smallest absolute Gasteiger partial charge is 0.244 e. The molecule has 1 N–H and O–H groups in total. The van der Waals surface area contributed by atoms with Crippen LogP contribution in [-0.4, -0.2) is 26.0 Å². The summed E-state index contributed by atoms with van der Waals surface area (Å²) >= 11 is 0. The summed E-state index contributed by atoms with van der Waals surface area (Å²) in [7, 11) is 2.07. The number of benzene rings is 2. The van der Waals surface area contributed by atoms with Crippen molar-refractivity contribution >= 4 is 17.7 Å². The number of hydrogen-bond acceptors (Lipinski definition) is 2. The fourth-order valence-electron chi connectivity index (χ4n) is 2.66. The number of hydrogen-bond donors (Lipinski definition) is 1. The minimum atomic E-state index is -0.0488. The van der Waals surface area contributed by atoms with Gasteiger partial charge in [-0.2, -0.15) is 0 Å². The van der Waals surface area contributed by atoms with Crippen molar-refractivity contribution in [2.75, 3.05) is 25.0 Å². The highest BCUT2D eigenvalue weighted by Crippen LogP contribution is 2.22. The van der Waals surface area contributed by atoms with Gasteiger partial charge in [-0.25, -0.2) is 0 Å². The quantitative estimate of drug-likeness (QED) is 0.583. The zero-order chi connectivity index (χ0) is 19.0. The summed E-state index contributed by atoms with van der Waals surface area (Å²) in [5.41, 5.74) is 3.67. The summed E-state index contributed by atoms with van der Waals surface area (Å²) in [5, 5.41) is 2.94. The van der Waals surface area contributed by atoms with E-state index in [-0.39, 0.29) is 11.3 Å². The molecule has 0 bridgehead atoms. The van der Waals surface area contributed by atoms with Gasteiger partial charge in [-0.3, -0.25) is 4.79 Å². The van der Waals surface area contributed by atoms with Crippen LogP contribution in [-0.2, 0) is 10.2 Å². The highest BCUT2D eigenvalue weighted by molar-refractivity contribution is 5.91. The molecule has 0 spiro atoms. The van der Waals surface area contributed by atoms with Crippen LogP contribution in [0.1, 0.15) is 38.3 Å². The van der Waals surface area contributed by atoms with Gasteiger partial charge in [0.15, 0.2) is 0 Å². The Balaban J connectivity index is 1.72. The Bertz CT molecular complexity index is 712. The lowest BCUT2D eigenvalue weighted by molar-refractivity contribution is -0.116. The Morgan fingerprint density at radius 3 is 2.31 bits per heavy atom. The predicted molar refractivity (Wildman–Crippen MR) is 112 cm³/mol. The summed E-state index contributed by atoms with van der Waals surface area (Å²) in [6.45, 7) is 8.16. The number of rotatable bonds is 7. The molecule has 2 aromatic rings. The Labute approximate surface area is 157 Å². The summed E-state index contributed by atoms with van der Waals surface area (Å²) in [4.78, 5) is 14.1. The number of anilines is 1. The topological polar surface area (TPSA) is 32.3 Å². The van der Waals surface area contributed by atoms with Crippen LogP contribution in [0.4, 0.5) is 5.69 Å². The third-order valence-corrected chi connectivity index (χ3v) is 4.37. The Morgan fingerprint density at radius 1 is 1.04 bits per heavy atom. The van der Waals surface area contributed by atoms with Crippen molar-refractivity contribution in [3.8, 4) is 0 Å².